The molecule has 0 unspecified atom stereocenters. The van der Waals surface area contributed by atoms with Crippen LogP contribution in [0.1, 0.15) is 0 Å². The summed E-state index contributed by atoms with van der Waals surface area (Å²) in [5, 5.41) is 3.47. The van der Waals surface area contributed by atoms with Crippen molar-refractivity contribution < 1.29 is 4.39 Å². The van der Waals surface area contributed by atoms with E-state index in [9.17, 15) is 4.39 Å². The zero-order valence-corrected chi connectivity index (χ0v) is 13.2. The topological polar surface area (TPSA) is 21.8 Å². The Bertz CT molecular complexity index is 399. The SMILES string of the molecule is CN(C)CCNCCN1CCN(c2ccc(F)cc2)CC1. The third kappa shape index (κ3) is 5.61. The summed E-state index contributed by atoms with van der Waals surface area (Å²) >= 11 is 0. The Morgan fingerprint density at radius 3 is 2.33 bits per heavy atom. The van der Waals surface area contributed by atoms with Gasteiger partial charge in [-0.25, -0.2) is 4.39 Å². The molecular formula is C16H27FN4. The smallest absolute Gasteiger partial charge is 0.123 e. The van der Waals surface area contributed by atoms with Crippen molar-refractivity contribution in [1.82, 2.24) is 15.1 Å². The Kier molecular flexibility index (Phi) is 6.42. The molecule has 0 amide bonds. The average Bonchev–Trinajstić information content (AvgIpc) is 2.48. The first-order valence-electron chi connectivity index (χ1n) is 7.73. The molecule has 1 fully saturated rings. The highest BCUT2D eigenvalue weighted by Gasteiger charge is 2.16. The monoisotopic (exact) mass is 294 g/mol. The number of piperazine rings is 1. The van der Waals surface area contributed by atoms with Gasteiger partial charge in [-0.1, -0.05) is 0 Å². The number of anilines is 1. The van der Waals surface area contributed by atoms with Gasteiger partial charge < -0.3 is 15.1 Å². The molecule has 1 N–H and O–H groups in total. The van der Waals surface area contributed by atoms with Crippen LogP contribution in [0, 0.1) is 5.82 Å². The molecule has 5 heteroatoms. The zero-order chi connectivity index (χ0) is 15.1. The number of nitrogens with one attached hydrogen (secondary N) is 1. The van der Waals surface area contributed by atoms with Gasteiger partial charge in [-0.3, -0.25) is 4.90 Å². The molecule has 0 aromatic heterocycles. The first-order valence-corrected chi connectivity index (χ1v) is 7.73. The van der Waals surface area contributed by atoms with Gasteiger partial charge in [0.25, 0.3) is 0 Å². The maximum absolute atomic E-state index is 12.9. The van der Waals surface area contributed by atoms with E-state index in [0.717, 1.165) is 58.0 Å². The van der Waals surface area contributed by atoms with E-state index in [4.69, 9.17) is 0 Å². The third-order valence-corrected chi connectivity index (χ3v) is 3.90. The van der Waals surface area contributed by atoms with Gasteiger partial charge in [-0.2, -0.15) is 0 Å². The maximum atomic E-state index is 12.9. The van der Waals surface area contributed by atoms with E-state index in [2.05, 4.69) is 34.1 Å². The van der Waals surface area contributed by atoms with Crippen LogP contribution < -0.4 is 10.2 Å². The summed E-state index contributed by atoms with van der Waals surface area (Å²) in [6.07, 6.45) is 0. The van der Waals surface area contributed by atoms with Gasteiger partial charge in [-0.15, -0.1) is 0 Å². The number of hydrogen-bond acceptors (Lipinski definition) is 4. The van der Waals surface area contributed by atoms with Gasteiger partial charge >= 0.3 is 0 Å². The van der Waals surface area contributed by atoms with Crippen molar-refractivity contribution in [3.05, 3.63) is 30.1 Å². The lowest BCUT2D eigenvalue weighted by atomic mass is 10.2. The molecule has 0 aliphatic carbocycles. The lowest BCUT2D eigenvalue weighted by Crippen LogP contribution is -2.48. The molecule has 1 aromatic rings. The van der Waals surface area contributed by atoms with E-state index in [-0.39, 0.29) is 5.82 Å². The number of rotatable bonds is 7. The third-order valence-electron chi connectivity index (χ3n) is 3.90. The summed E-state index contributed by atoms with van der Waals surface area (Å²) in [4.78, 5) is 7.01. The minimum absolute atomic E-state index is 0.166. The number of likely N-dealkylation sites (N-methyl/N-ethyl adjacent to an activating group) is 1. The van der Waals surface area contributed by atoms with E-state index < -0.39 is 0 Å². The van der Waals surface area contributed by atoms with E-state index in [1.807, 2.05) is 12.1 Å². The zero-order valence-electron chi connectivity index (χ0n) is 13.2. The van der Waals surface area contributed by atoms with E-state index in [0.29, 0.717) is 0 Å². The van der Waals surface area contributed by atoms with Crippen molar-refractivity contribution >= 4 is 5.69 Å². The summed E-state index contributed by atoms with van der Waals surface area (Å²) in [5.74, 6) is -0.166. The molecule has 1 aliphatic heterocycles. The lowest BCUT2D eigenvalue weighted by Gasteiger charge is -2.36. The first kappa shape index (κ1) is 16.2. The van der Waals surface area contributed by atoms with Crippen molar-refractivity contribution in [1.29, 1.82) is 0 Å². The highest BCUT2D eigenvalue weighted by atomic mass is 19.1. The Hall–Kier alpha value is -1.17. The molecule has 1 saturated heterocycles. The average molecular weight is 294 g/mol. The van der Waals surface area contributed by atoms with Gasteiger partial charge in [0.15, 0.2) is 0 Å². The fourth-order valence-electron chi connectivity index (χ4n) is 2.55. The van der Waals surface area contributed by atoms with Crippen molar-refractivity contribution in [2.24, 2.45) is 0 Å². The second-order valence-corrected chi connectivity index (χ2v) is 5.86. The second-order valence-electron chi connectivity index (χ2n) is 5.86. The Morgan fingerprint density at radius 2 is 1.71 bits per heavy atom. The Morgan fingerprint density at radius 1 is 1.05 bits per heavy atom. The van der Waals surface area contributed by atoms with E-state index >= 15 is 0 Å². The number of hydrogen-bond donors (Lipinski definition) is 1. The normalized spacial score (nSPS) is 16.7. The van der Waals surface area contributed by atoms with Gasteiger partial charge in [0.2, 0.25) is 0 Å². The van der Waals surface area contributed by atoms with E-state index in [1.165, 1.54) is 12.1 Å². The molecule has 2 rings (SSSR count). The molecule has 4 nitrogen and oxygen atoms in total. The molecule has 0 spiro atoms. The van der Waals surface area contributed by atoms with Crippen molar-refractivity contribution in [2.45, 2.75) is 0 Å². The van der Waals surface area contributed by atoms with Crippen LogP contribution in [0.25, 0.3) is 0 Å². The van der Waals surface area contributed by atoms with Crippen molar-refractivity contribution in [3.8, 4) is 0 Å². The highest BCUT2D eigenvalue weighted by Crippen LogP contribution is 2.16. The van der Waals surface area contributed by atoms with Crippen LogP contribution in [0.15, 0.2) is 24.3 Å². The largest absolute Gasteiger partial charge is 0.369 e. The number of halogens is 1. The van der Waals surface area contributed by atoms with Gasteiger partial charge in [0, 0.05) is 58.0 Å². The molecule has 21 heavy (non-hydrogen) atoms. The summed E-state index contributed by atoms with van der Waals surface area (Å²) in [6, 6.07) is 6.81. The Balaban J connectivity index is 1.63. The standard InChI is InChI=1S/C16H27FN4/c1-19(2)9-7-18-8-10-20-11-13-21(14-12-20)16-5-3-15(17)4-6-16/h3-6,18H,7-14H2,1-2H3. The van der Waals surface area contributed by atoms with E-state index in [1.54, 1.807) is 0 Å². The van der Waals surface area contributed by atoms with Crippen LogP contribution >= 0.6 is 0 Å². The Labute approximate surface area is 127 Å². The molecule has 0 radical (unpaired) electrons. The molecular weight excluding hydrogens is 267 g/mol. The summed E-state index contributed by atoms with van der Waals surface area (Å²) < 4.78 is 12.9. The summed E-state index contributed by atoms with van der Waals surface area (Å²) in [7, 11) is 4.19. The second kappa shape index (κ2) is 8.32. The minimum atomic E-state index is -0.166. The maximum Gasteiger partial charge on any atom is 0.123 e. The fourth-order valence-corrected chi connectivity index (χ4v) is 2.55. The van der Waals surface area contributed by atoms with Gasteiger partial charge in [0.1, 0.15) is 5.82 Å². The molecule has 0 saturated carbocycles. The van der Waals surface area contributed by atoms with Gasteiger partial charge in [0.05, 0.1) is 0 Å². The minimum Gasteiger partial charge on any atom is -0.369 e. The summed E-state index contributed by atoms with van der Waals surface area (Å²) in [5.41, 5.74) is 1.13. The van der Waals surface area contributed by atoms with Crippen LogP contribution in [0.5, 0.6) is 0 Å². The molecule has 0 bridgehead atoms. The molecule has 1 heterocycles. The fraction of sp³-hybridized carbons (Fsp3) is 0.625. The molecule has 1 aromatic carbocycles. The molecule has 118 valence electrons. The number of nitrogens with zero attached hydrogens (tertiary/aromatic N) is 3. The predicted molar refractivity (Wildman–Crippen MR) is 86.5 cm³/mol. The van der Waals surface area contributed by atoms with Crippen molar-refractivity contribution in [3.63, 3.8) is 0 Å². The van der Waals surface area contributed by atoms with Crippen molar-refractivity contribution in [2.75, 3.05) is 71.4 Å². The van der Waals surface area contributed by atoms with Crippen LogP contribution in [0.2, 0.25) is 0 Å². The van der Waals surface area contributed by atoms with Crippen LogP contribution in [0.3, 0.4) is 0 Å². The predicted octanol–water partition coefficient (Wildman–Crippen LogP) is 1.10. The first-order chi connectivity index (χ1) is 10.1. The number of benzene rings is 1. The summed E-state index contributed by atoms with van der Waals surface area (Å²) in [6.45, 7) is 8.46. The molecule has 0 atom stereocenters. The van der Waals surface area contributed by atoms with Crippen LogP contribution in [-0.4, -0.2) is 76.3 Å². The lowest BCUT2D eigenvalue weighted by molar-refractivity contribution is 0.256. The quantitative estimate of drug-likeness (QED) is 0.760. The highest BCUT2D eigenvalue weighted by molar-refractivity contribution is 5.46. The van der Waals surface area contributed by atoms with Gasteiger partial charge in [-0.05, 0) is 38.4 Å². The van der Waals surface area contributed by atoms with Crippen LogP contribution in [-0.2, 0) is 0 Å². The molecule has 1 aliphatic rings. The van der Waals surface area contributed by atoms with Crippen LogP contribution in [0.4, 0.5) is 10.1 Å².